The molecule has 2 amide bonds. The van der Waals surface area contributed by atoms with Crippen molar-refractivity contribution in [2.45, 2.75) is 50.2 Å². The number of carbonyl (C=O) groups is 2. The third-order valence-electron chi connectivity index (χ3n) is 4.77. The summed E-state index contributed by atoms with van der Waals surface area (Å²) < 4.78 is 0. The molecule has 0 aliphatic carbocycles. The standard InChI is InChI=1S/C25H28N4O2S/c1-16(2)23(29-22(30)15-19-8-6-5-7-9-19)24(31)28-20-10-12-21(13-11-20)32-25-26-17(3)14-18(4)27-25/h5-14,16,23H,15H2,1-4H3,(H,28,31)(H,29,30). The molecule has 2 aromatic carbocycles. The van der Waals surface area contributed by atoms with Gasteiger partial charge in [-0.3, -0.25) is 9.59 Å². The van der Waals surface area contributed by atoms with Gasteiger partial charge in [-0.25, -0.2) is 9.97 Å². The lowest BCUT2D eigenvalue weighted by molar-refractivity contribution is -0.127. The van der Waals surface area contributed by atoms with E-state index < -0.39 is 6.04 Å². The van der Waals surface area contributed by atoms with E-state index >= 15 is 0 Å². The van der Waals surface area contributed by atoms with Gasteiger partial charge in [-0.05, 0) is 67.4 Å². The smallest absolute Gasteiger partial charge is 0.247 e. The molecule has 1 heterocycles. The van der Waals surface area contributed by atoms with E-state index in [9.17, 15) is 9.59 Å². The second kappa shape index (κ2) is 10.9. The van der Waals surface area contributed by atoms with Crippen LogP contribution >= 0.6 is 11.8 Å². The maximum atomic E-state index is 12.8. The lowest BCUT2D eigenvalue weighted by atomic mass is 10.0. The molecule has 3 aromatic rings. The van der Waals surface area contributed by atoms with Gasteiger partial charge in [-0.1, -0.05) is 44.2 Å². The fourth-order valence-corrected chi connectivity index (χ4v) is 4.07. The van der Waals surface area contributed by atoms with Gasteiger partial charge in [0.1, 0.15) is 6.04 Å². The average molecular weight is 449 g/mol. The minimum atomic E-state index is -0.621. The van der Waals surface area contributed by atoms with E-state index in [4.69, 9.17) is 0 Å². The van der Waals surface area contributed by atoms with Crippen molar-refractivity contribution in [1.82, 2.24) is 15.3 Å². The third-order valence-corrected chi connectivity index (χ3v) is 5.64. The van der Waals surface area contributed by atoms with E-state index in [1.807, 2.05) is 88.4 Å². The molecule has 0 fully saturated rings. The molecule has 0 saturated heterocycles. The van der Waals surface area contributed by atoms with Gasteiger partial charge in [-0.2, -0.15) is 0 Å². The quantitative estimate of drug-likeness (QED) is 0.493. The summed E-state index contributed by atoms with van der Waals surface area (Å²) in [4.78, 5) is 35.1. The second-order valence-electron chi connectivity index (χ2n) is 8.00. The maximum Gasteiger partial charge on any atom is 0.247 e. The van der Waals surface area contributed by atoms with Crippen LogP contribution < -0.4 is 10.6 Å². The Morgan fingerprint density at radius 1 is 0.938 bits per heavy atom. The molecule has 1 aromatic heterocycles. The number of aryl methyl sites for hydroxylation is 2. The van der Waals surface area contributed by atoms with E-state index in [1.54, 1.807) is 0 Å². The summed E-state index contributed by atoms with van der Waals surface area (Å²) in [5, 5.41) is 6.47. The average Bonchev–Trinajstić information content (AvgIpc) is 2.73. The molecule has 166 valence electrons. The Kier molecular flexibility index (Phi) is 8.00. The normalized spacial score (nSPS) is 11.8. The zero-order valence-electron chi connectivity index (χ0n) is 18.8. The fourth-order valence-electron chi connectivity index (χ4n) is 3.21. The second-order valence-corrected chi connectivity index (χ2v) is 9.04. The number of anilines is 1. The predicted octanol–water partition coefficient (Wildman–Crippen LogP) is 4.57. The lowest BCUT2D eigenvalue weighted by Gasteiger charge is -2.22. The van der Waals surface area contributed by atoms with Gasteiger partial charge in [-0.15, -0.1) is 0 Å². The van der Waals surface area contributed by atoms with Crippen LogP contribution in [0.25, 0.3) is 0 Å². The van der Waals surface area contributed by atoms with Crippen molar-refractivity contribution in [3.8, 4) is 0 Å². The van der Waals surface area contributed by atoms with E-state index in [0.29, 0.717) is 10.8 Å². The van der Waals surface area contributed by atoms with Crippen LogP contribution in [-0.2, 0) is 16.0 Å². The summed E-state index contributed by atoms with van der Waals surface area (Å²) in [5.41, 5.74) is 3.44. The highest BCUT2D eigenvalue weighted by Crippen LogP contribution is 2.26. The van der Waals surface area contributed by atoms with Gasteiger partial charge >= 0.3 is 0 Å². The van der Waals surface area contributed by atoms with Crippen molar-refractivity contribution in [3.05, 3.63) is 77.6 Å². The van der Waals surface area contributed by atoms with E-state index in [0.717, 1.165) is 21.8 Å². The third kappa shape index (κ3) is 6.92. The first kappa shape index (κ1) is 23.5. The van der Waals surface area contributed by atoms with Crippen LogP contribution in [0.5, 0.6) is 0 Å². The molecule has 1 atom stereocenters. The molecule has 0 aliphatic rings. The first-order valence-corrected chi connectivity index (χ1v) is 11.4. The highest BCUT2D eigenvalue weighted by Gasteiger charge is 2.24. The minimum Gasteiger partial charge on any atom is -0.344 e. The Morgan fingerprint density at radius 2 is 1.56 bits per heavy atom. The van der Waals surface area contributed by atoms with Crippen LogP contribution in [0.4, 0.5) is 5.69 Å². The first-order chi connectivity index (χ1) is 15.3. The van der Waals surface area contributed by atoms with Crippen LogP contribution in [0.3, 0.4) is 0 Å². The summed E-state index contributed by atoms with van der Waals surface area (Å²) in [7, 11) is 0. The molecule has 6 nitrogen and oxygen atoms in total. The van der Waals surface area contributed by atoms with Gasteiger partial charge in [0.05, 0.1) is 6.42 Å². The Balaban J connectivity index is 1.60. The number of nitrogens with zero attached hydrogens (tertiary/aromatic N) is 2. The van der Waals surface area contributed by atoms with Crippen molar-refractivity contribution < 1.29 is 9.59 Å². The number of amides is 2. The molecule has 0 saturated carbocycles. The van der Waals surface area contributed by atoms with Crippen LogP contribution in [0, 0.1) is 19.8 Å². The number of carbonyl (C=O) groups excluding carboxylic acids is 2. The zero-order valence-corrected chi connectivity index (χ0v) is 19.6. The van der Waals surface area contributed by atoms with Crippen LogP contribution in [0.2, 0.25) is 0 Å². The Morgan fingerprint density at radius 3 is 2.16 bits per heavy atom. The van der Waals surface area contributed by atoms with Gasteiger partial charge in [0.25, 0.3) is 0 Å². The SMILES string of the molecule is Cc1cc(C)nc(Sc2ccc(NC(=O)C(NC(=O)Cc3ccccc3)C(C)C)cc2)n1. The first-order valence-electron chi connectivity index (χ1n) is 10.5. The maximum absolute atomic E-state index is 12.8. The van der Waals surface area contributed by atoms with E-state index in [1.165, 1.54) is 11.8 Å². The van der Waals surface area contributed by atoms with Crippen LogP contribution in [-0.4, -0.2) is 27.8 Å². The Hall–Kier alpha value is -3.19. The summed E-state index contributed by atoms with van der Waals surface area (Å²) in [6, 6.07) is 18.3. The molecular weight excluding hydrogens is 420 g/mol. The molecule has 0 radical (unpaired) electrons. The molecule has 1 unspecified atom stereocenters. The Bertz CT molecular complexity index is 1050. The number of aromatic nitrogens is 2. The van der Waals surface area contributed by atoms with Crippen molar-refractivity contribution in [2.24, 2.45) is 5.92 Å². The number of hydrogen-bond acceptors (Lipinski definition) is 5. The molecule has 7 heteroatoms. The van der Waals surface area contributed by atoms with Gasteiger partial charge in [0.15, 0.2) is 5.16 Å². The van der Waals surface area contributed by atoms with Gasteiger partial charge < -0.3 is 10.6 Å². The number of benzene rings is 2. The summed E-state index contributed by atoms with van der Waals surface area (Å²) in [6.07, 6.45) is 0.240. The molecule has 32 heavy (non-hydrogen) atoms. The largest absolute Gasteiger partial charge is 0.344 e. The predicted molar refractivity (Wildman–Crippen MR) is 128 cm³/mol. The van der Waals surface area contributed by atoms with E-state index in [2.05, 4.69) is 20.6 Å². The van der Waals surface area contributed by atoms with Crippen molar-refractivity contribution >= 4 is 29.3 Å². The van der Waals surface area contributed by atoms with Gasteiger partial charge in [0, 0.05) is 22.0 Å². The molecule has 2 N–H and O–H groups in total. The highest BCUT2D eigenvalue weighted by atomic mass is 32.2. The Labute approximate surface area is 193 Å². The number of rotatable bonds is 8. The fraction of sp³-hybridized carbons (Fsp3) is 0.280. The van der Waals surface area contributed by atoms with Crippen molar-refractivity contribution in [2.75, 3.05) is 5.32 Å². The molecule has 3 rings (SSSR count). The number of hydrogen-bond donors (Lipinski definition) is 2. The molecule has 0 spiro atoms. The minimum absolute atomic E-state index is 0.0498. The van der Waals surface area contributed by atoms with E-state index in [-0.39, 0.29) is 24.2 Å². The monoisotopic (exact) mass is 448 g/mol. The summed E-state index contributed by atoms with van der Waals surface area (Å²) >= 11 is 1.47. The molecular formula is C25H28N4O2S. The van der Waals surface area contributed by atoms with Gasteiger partial charge in [0.2, 0.25) is 11.8 Å². The van der Waals surface area contributed by atoms with Crippen LogP contribution in [0.1, 0.15) is 30.8 Å². The van der Waals surface area contributed by atoms with Crippen molar-refractivity contribution in [3.63, 3.8) is 0 Å². The zero-order chi connectivity index (χ0) is 23.1. The highest BCUT2D eigenvalue weighted by molar-refractivity contribution is 7.99. The lowest BCUT2D eigenvalue weighted by Crippen LogP contribution is -2.47. The topological polar surface area (TPSA) is 84.0 Å². The summed E-state index contributed by atoms with van der Waals surface area (Å²) in [6.45, 7) is 7.72. The molecule has 0 bridgehead atoms. The van der Waals surface area contributed by atoms with Crippen molar-refractivity contribution in [1.29, 1.82) is 0 Å². The molecule has 0 aliphatic heterocycles. The van der Waals surface area contributed by atoms with Crippen LogP contribution in [0.15, 0.2) is 70.7 Å². The summed E-state index contributed by atoms with van der Waals surface area (Å²) in [5.74, 6) is -0.462. The number of nitrogens with one attached hydrogen (secondary N) is 2.